The van der Waals surface area contributed by atoms with Gasteiger partial charge in [0.2, 0.25) is 5.04 Å². The Bertz CT molecular complexity index is 1670. The minimum Gasteiger partial charge on any atom is -0.481 e. The summed E-state index contributed by atoms with van der Waals surface area (Å²) in [6, 6.07) is 15.5. The molecule has 1 unspecified atom stereocenters. The van der Waals surface area contributed by atoms with E-state index in [9.17, 15) is 20.0 Å². The van der Waals surface area contributed by atoms with Crippen LogP contribution in [0, 0.1) is 11.3 Å². The van der Waals surface area contributed by atoms with E-state index in [1.54, 1.807) is 11.8 Å². The number of carboxylic acid groups (broad SMARTS) is 1. The van der Waals surface area contributed by atoms with Crippen LogP contribution in [0.3, 0.4) is 0 Å². The molecule has 2 aromatic carbocycles. The van der Waals surface area contributed by atoms with Crippen molar-refractivity contribution in [3.8, 4) is 6.07 Å². The van der Waals surface area contributed by atoms with Crippen molar-refractivity contribution < 1.29 is 24.0 Å². The van der Waals surface area contributed by atoms with E-state index in [-0.39, 0.29) is 11.8 Å². The number of rotatable bonds is 27. The number of aliphatic carboxylic acids is 1. The van der Waals surface area contributed by atoms with Crippen LogP contribution >= 0.6 is 11.8 Å². The predicted molar refractivity (Wildman–Crippen MR) is 225 cm³/mol. The largest absolute Gasteiger partial charge is 0.481 e. The standard InChI is InChI=1S/C46H63N3O4S/c1-3-5-7-9-11-13-15-19-30-46(29-18-14-12-10-8-6-4-2)42(26-22-38(36-47)23-27-43-48(33-35-54-43)32-34-53-37-50)49(31-28-44(51)52)41-25-24-39-20-16-17-21-40(39)45(41)46/h16-17,20-27,37H,3-15,18-19,28-35H2,1-2H3/p+1. The molecule has 4 rings (SSSR count). The average Bonchev–Trinajstić information content (AvgIpc) is 3.74. The van der Waals surface area contributed by atoms with Gasteiger partial charge in [0.1, 0.15) is 6.61 Å². The van der Waals surface area contributed by atoms with Gasteiger partial charge < -0.3 is 14.7 Å². The van der Waals surface area contributed by atoms with E-state index in [0.29, 0.717) is 31.7 Å². The molecule has 1 atom stereocenters. The summed E-state index contributed by atoms with van der Waals surface area (Å²) >= 11 is 1.74. The molecule has 0 aromatic heterocycles. The molecule has 2 aliphatic rings. The smallest absolute Gasteiger partial charge is 0.305 e. The van der Waals surface area contributed by atoms with Crippen LogP contribution in [0.4, 0.5) is 5.69 Å². The predicted octanol–water partition coefficient (Wildman–Crippen LogP) is 11.3. The minimum atomic E-state index is -0.810. The van der Waals surface area contributed by atoms with Crippen molar-refractivity contribution in [3.05, 3.63) is 77.5 Å². The molecular formula is C46H64N3O4S+. The van der Waals surface area contributed by atoms with Crippen LogP contribution in [-0.4, -0.2) is 59.2 Å². The Kier molecular flexibility index (Phi) is 18.9. The molecule has 0 aliphatic carbocycles. The van der Waals surface area contributed by atoms with Gasteiger partial charge in [-0.05, 0) is 53.5 Å². The Morgan fingerprint density at radius 1 is 0.944 bits per heavy atom. The first-order chi connectivity index (χ1) is 26.5. The van der Waals surface area contributed by atoms with E-state index < -0.39 is 5.97 Å². The maximum atomic E-state index is 12.1. The number of ether oxygens (including phenoxy) is 1. The molecule has 54 heavy (non-hydrogen) atoms. The van der Waals surface area contributed by atoms with E-state index in [0.717, 1.165) is 54.4 Å². The molecule has 292 valence electrons. The fourth-order valence-electron chi connectivity index (χ4n) is 8.29. The zero-order valence-corrected chi connectivity index (χ0v) is 33.9. The van der Waals surface area contributed by atoms with Gasteiger partial charge in [-0.25, -0.2) is 4.58 Å². The number of benzene rings is 2. The second kappa shape index (κ2) is 23.8. The Morgan fingerprint density at radius 2 is 1.59 bits per heavy atom. The summed E-state index contributed by atoms with van der Waals surface area (Å²) in [6.07, 6.45) is 28.6. The lowest BCUT2D eigenvalue weighted by molar-refractivity contribution is -0.518. The van der Waals surface area contributed by atoms with Gasteiger partial charge in [0.15, 0.2) is 13.1 Å². The van der Waals surface area contributed by atoms with Crippen molar-refractivity contribution in [1.29, 1.82) is 5.26 Å². The molecular weight excluding hydrogens is 691 g/mol. The quantitative estimate of drug-likeness (QED) is 0.0319. The summed E-state index contributed by atoms with van der Waals surface area (Å²) in [6.45, 7) is 7.20. The Labute approximate surface area is 329 Å². The molecule has 1 N–H and O–H groups in total. The number of hydrogen-bond donors (Lipinski definition) is 1. The number of nitrogens with zero attached hydrogens (tertiary/aromatic N) is 3. The molecule has 0 saturated heterocycles. The highest BCUT2D eigenvalue weighted by Gasteiger charge is 2.47. The lowest BCUT2D eigenvalue weighted by atomic mass is 9.70. The number of carbonyl (C=O) groups excluding carboxylic acids is 1. The third-order valence-corrected chi connectivity index (χ3v) is 12.2. The monoisotopic (exact) mass is 754 g/mol. The molecule has 0 fully saturated rings. The molecule has 0 saturated carbocycles. The second-order valence-corrected chi connectivity index (χ2v) is 16.0. The Morgan fingerprint density at radius 3 is 2.22 bits per heavy atom. The summed E-state index contributed by atoms with van der Waals surface area (Å²) < 4.78 is 7.12. The first-order valence-electron chi connectivity index (χ1n) is 20.8. The number of hydrogen-bond acceptors (Lipinski definition) is 6. The van der Waals surface area contributed by atoms with E-state index in [1.165, 1.54) is 99.8 Å². The maximum Gasteiger partial charge on any atom is 0.305 e. The van der Waals surface area contributed by atoms with Crippen molar-refractivity contribution in [2.75, 3.05) is 36.9 Å². The summed E-state index contributed by atoms with van der Waals surface area (Å²) in [5.74, 6) is 0.135. The van der Waals surface area contributed by atoms with Crippen LogP contribution in [0.25, 0.3) is 10.8 Å². The third-order valence-electron chi connectivity index (χ3n) is 11.1. The van der Waals surface area contributed by atoms with Crippen LogP contribution in [0.5, 0.6) is 0 Å². The number of carboxylic acids is 1. The number of carbonyl (C=O) groups is 2. The Hall–Kier alpha value is -3.83. The molecule has 8 heteroatoms. The number of thioether (sulfide) groups is 1. The van der Waals surface area contributed by atoms with E-state index in [4.69, 9.17) is 4.74 Å². The van der Waals surface area contributed by atoms with E-state index in [2.05, 4.69) is 71.9 Å². The van der Waals surface area contributed by atoms with Gasteiger partial charge in [-0.15, -0.1) is 0 Å². The number of fused-ring (bicyclic) bond motifs is 3. The topological polar surface area (TPSA) is 93.6 Å². The second-order valence-electron chi connectivity index (χ2n) is 14.9. The number of anilines is 1. The van der Waals surface area contributed by atoms with Gasteiger partial charge >= 0.3 is 5.97 Å². The molecule has 2 aromatic rings. The highest BCUT2D eigenvalue weighted by molar-refractivity contribution is 8.14. The molecule has 0 amide bonds. The normalized spacial score (nSPS) is 17.9. The first kappa shape index (κ1) is 42.9. The molecule has 0 spiro atoms. The van der Waals surface area contributed by atoms with Crippen molar-refractivity contribution in [2.45, 2.75) is 135 Å². The van der Waals surface area contributed by atoms with Gasteiger partial charge in [-0.1, -0.05) is 152 Å². The third kappa shape index (κ3) is 12.3. The fraction of sp³-hybridized carbons (Fsp3) is 0.565. The van der Waals surface area contributed by atoms with E-state index >= 15 is 0 Å². The maximum absolute atomic E-state index is 12.1. The van der Waals surface area contributed by atoms with Gasteiger partial charge in [-0.2, -0.15) is 5.26 Å². The molecule has 0 radical (unpaired) electrons. The summed E-state index contributed by atoms with van der Waals surface area (Å²) in [4.78, 5) is 25.0. The van der Waals surface area contributed by atoms with Crippen molar-refractivity contribution in [3.63, 3.8) is 0 Å². The van der Waals surface area contributed by atoms with Crippen molar-refractivity contribution in [1.82, 2.24) is 0 Å². The minimum absolute atomic E-state index is 0.0306. The van der Waals surface area contributed by atoms with Crippen LogP contribution in [0.2, 0.25) is 0 Å². The lowest BCUT2D eigenvalue weighted by Crippen LogP contribution is -2.33. The van der Waals surface area contributed by atoms with Gasteiger partial charge in [0.25, 0.3) is 6.47 Å². The molecule has 0 bridgehead atoms. The van der Waals surface area contributed by atoms with Crippen LogP contribution in [0.15, 0.2) is 72.0 Å². The van der Waals surface area contributed by atoms with E-state index in [1.807, 2.05) is 18.2 Å². The Balaban J connectivity index is 1.77. The number of unbranched alkanes of at least 4 members (excludes halogenated alkanes) is 13. The molecule has 2 aliphatic heterocycles. The van der Waals surface area contributed by atoms with Crippen molar-refractivity contribution >= 4 is 45.7 Å². The number of allylic oxidation sites excluding steroid dienone is 5. The lowest BCUT2D eigenvalue weighted by Gasteiger charge is -2.35. The van der Waals surface area contributed by atoms with Gasteiger partial charge in [0.05, 0.1) is 23.8 Å². The zero-order valence-electron chi connectivity index (χ0n) is 33.0. The highest BCUT2D eigenvalue weighted by atomic mass is 32.2. The molecule has 7 nitrogen and oxygen atoms in total. The fourth-order valence-corrected chi connectivity index (χ4v) is 9.34. The SMILES string of the molecule is CCCCCCCCCCC1(CCCCCCCCC)C(=CC=C(C#N)C=CC2=[N+](CCOC=O)CCS2)N(CCC(=O)O)c2ccc3ccccc3c21. The highest BCUT2D eigenvalue weighted by Crippen LogP contribution is 2.56. The molecule has 2 heterocycles. The average molecular weight is 755 g/mol. The summed E-state index contributed by atoms with van der Waals surface area (Å²) in [5.41, 5.74) is 3.81. The summed E-state index contributed by atoms with van der Waals surface area (Å²) in [5, 5.41) is 23.8. The van der Waals surface area contributed by atoms with Crippen LogP contribution < -0.4 is 4.90 Å². The van der Waals surface area contributed by atoms with Crippen molar-refractivity contribution in [2.24, 2.45) is 0 Å². The van der Waals surface area contributed by atoms with Gasteiger partial charge in [0, 0.05) is 29.4 Å². The number of nitriles is 1. The van der Waals surface area contributed by atoms with Gasteiger partial charge in [-0.3, -0.25) is 9.59 Å². The van der Waals surface area contributed by atoms with Crippen LogP contribution in [-0.2, 0) is 19.7 Å². The summed E-state index contributed by atoms with van der Waals surface area (Å²) in [7, 11) is 0. The first-order valence-corrected chi connectivity index (χ1v) is 21.8. The van der Waals surface area contributed by atoms with Crippen LogP contribution in [0.1, 0.15) is 135 Å². The zero-order chi connectivity index (χ0) is 38.4.